The van der Waals surface area contributed by atoms with Crippen LogP contribution in [0.1, 0.15) is 10.6 Å². The van der Waals surface area contributed by atoms with Crippen LogP contribution < -0.4 is 5.11 Å². The Hall–Kier alpha value is -2.31. The lowest BCUT2D eigenvalue weighted by atomic mass is 10.2. The molecule has 0 bridgehead atoms. The summed E-state index contributed by atoms with van der Waals surface area (Å²) in [5.41, 5.74) is -0.306. The highest BCUT2D eigenvalue weighted by Gasteiger charge is 2.14. The summed E-state index contributed by atoms with van der Waals surface area (Å²) < 4.78 is 30.5. The molecule has 0 N–H and O–H groups in total. The Morgan fingerprint density at radius 3 is 2.75 bits per heavy atom. The first-order chi connectivity index (χ1) is 7.58. The van der Waals surface area contributed by atoms with Crippen molar-refractivity contribution in [2.75, 3.05) is 0 Å². The third-order valence-corrected chi connectivity index (χ3v) is 1.77. The Morgan fingerprint density at radius 1 is 1.38 bits per heavy atom. The summed E-state index contributed by atoms with van der Waals surface area (Å²) in [7, 11) is 0. The van der Waals surface area contributed by atoms with Gasteiger partial charge in [0.1, 0.15) is 17.6 Å². The molecule has 0 aliphatic carbocycles. The molecule has 0 unspecified atom stereocenters. The van der Waals surface area contributed by atoms with E-state index in [9.17, 15) is 18.7 Å². The normalized spacial score (nSPS) is 10.4. The number of carboxylic acids is 1. The van der Waals surface area contributed by atoms with Gasteiger partial charge in [0, 0.05) is 0 Å². The molecular formula is C9H3F2N2O3-. The van der Waals surface area contributed by atoms with Crippen LogP contribution in [0.25, 0.3) is 11.5 Å². The van der Waals surface area contributed by atoms with Crippen LogP contribution >= 0.6 is 0 Å². The lowest BCUT2D eigenvalue weighted by molar-refractivity contribution is -0.256. The van der Waals surface area contributed by atoms with Gasteiger partial charge < -0.3 is 14.4 Å². The number of rotatable bonds is 2. The molecule has 0 fully saturated rings. The van der Waals surface area contributed by atoms with Crippen LogP contribution in [0.5, 0.6) is 0 Å². The van der Waals surface area contributed by atoms with Crippen LogP contribution in [0.4, 0.5) is 8.78 Å². The van der Waals surface area contributed by atoms with Gasteiger partial charge in [0.05, 0.1) is 5.56 Å². The van der Waals surface area contributed by atoms with Gasteiger partial charge in [-0.05, 0) is 18.2 Å². The molecule has 0 saturated heterocycles. The Kier molecular flexibility index (Phi) is 2.35. The predicted octanol–water partition coefficient (Wildman–Crippen LogP) is 0.378. The molecule has 16 heavy (non-hydrogen) atoms. The van der Waals surface area contributed by atoms with Crippen LogP contribution in [-0.4, -0.2) is 16.1 Å². The Morgan fingerprint density at radius 2 is 2.12 bits per heavy atom. The number of halogens is 2. The van der Waals surface area contributed by atoms with Crippen molar-refractivity contribution in [3.8, 4) is 11.5 Å². The predicted molar refractivity (Wildman–Crippen MR) is 44.0 cm³/mol. The summed E-state index contributed by atoms with van der Waals surface area (Å²) in [4.78, 5) is 13.7. The molecule has 0 spiro atoms. The van der Waals surface area contributed by atoms with Crippen LogP contribution in [0.2, 0.25) is 0 Å². The van der Waals surface area contributed by atoms with Gasteiger partial charge in [0.15, 0.2) is 0 Å². The van der Waals surface area contributed by atoms with E-state index in [0.717, 1.165) is 18.2 Å². The zero-order valence-electron chi connectivity index (χ0n) is 7.61. The third kappa shape index (κ3) is 1.74. The molecule has 1 aromatic carbocycles. The zero-order valence-corrected chi connectivity index (χ0v) is 7.61. The van der Waals surface area contributed by atoms with Crippen LogP contribution in [0, 0.1) is 11.6 Å². The highest BCUT2D eigenvalue weighted by atomic mass is 19.1. The summed E-state index contributed by atoms with van der Waals surface area (Å²) in [6, 6.07) is 2.60. The number of aromatic carboxylic acids is 1. The van der Waals surface area contributed by atoms with E-state index in [1.165, 1.54) is 0 Å². The van der Waals surface area contributed by atoms with E-state index >= 15 is 0 Å². The number of hydrogen-bond donors (Lipinski definition) is 0. The second kappa shape index (κ2) is 3.69. The molecule has 5 nitrogen and oxygen atoms in total. The molecular weight excluding hydrogens is 222 g/mol. The van der Waals surface area contributed by atoms with Crippen molar-refractivity contribution in [2.45, 2.75) is 0 Å². The minimum Gasteiger partial charge on any atom is -0.541 e. The van der Waals surface area contributed by atoms with Crippen molar-refractivity contribution in [1.82, 2.24) is 10.1 Å². The lowest BCUT2D eigenvalue weighted by Crippen LogP contribution is -2.23. The van der Waals surface area contributed by atoms with E-state index in [-0.39, 0.29) is 5.56 Å². The van der Waals surface area contributed by atoms with Gasteiger partial charge in [-0.2, -0.15) is 4.98 Å². The quantitative estimate of drug-likeness (QED) is 0.738. The number of nitrogens with zero attached hydrogens (tertiary/aromatic N) is 2. The molecule has 0 atom stereocenters. The van der Waals surface area contributed by atoms with E-state index in [4.69, 9.17) is 0 Å². The first-order valence-electron chi connectivity index (χ1n) is 4.08. The number of hydrogen-bond acceptors (Lipinski definition) is 5. The number of carbonyl (C=O) groups excluding carboxylic acids is 1. The Bertz CT molecular complexity index is 553. The zero-order chi connectivity index (χ0) is 11.7. The second-order valence-corrected chi connectivity index (χ2v) is 2.83. The number of benzene rings is 1. The van der Waals surface area contributed by atoms with E-state index < -0.39 is 29.3 Å². The van der Waals surface area contributed by atoms with Crippen molar-refractivity contribution in [3.63, 3.8) is 0 Å². The standard InChI is InChI=1S/C9H4F2N2O3/c10-4-1-2-6(11)5(3-4)8-12-7(9(14)15)13-16-8/h1-3H,(H,14,15)/p-1. The molecule has 7 heteroatoms. The van der Waals surface area contributed by atoms with E-state index in [2.05, 4.69) is 14.7 Å². The maximum absolute atomic E-state index is 13.2. The highest BCUT2D eigenvalue weighted by molar-refractivity contribution is 5.81. The van der Waals surface area contributed by atoms with Gasteiger partial charge >= 0.3 is 0 Å². The van der Waals surface area contributed by atoms with Gasteiger partial charge in [0.2, 0.25) is 5.82 Å². The highest BCUT2D eigenvalue weighted by Crippen LogP contribution is 2.21. The second-order valence-electron chi connectivity index (χ2n) is 2.83. The molecule has 0 radical (unpaired) electrons. The summed E-state index contributed by atoms with van der Waals surface area (Å²) in [5, 5.41) is 13.4. The topological polar surface area (TPSA) is 79.0 Å². The fourth-order valence-corrected chi connectivity index (χ4v) is 1.08. The van der Waals surface area contributed by atoms with Gasteiger partial charge in [-0.1, -0.05) is 5.16 Å². The average molecular weight is 225 g/mol. The van der Waals surface area contributed by atoms with Crippen molar-refractivity contribution >= 4 is 5.97 Å². The smallest absolute Gasteiger partial charge is 0.261 e. The van der Waals surface area contributed by atoms with E-state index in [0.29, 0.717) is 0 Å². The summed E-state index contributed by atoms with van der Waals surface area (Å²) in [5.74, 6) is -4.30. The Balaban J connectivity index is 2.50. The molecule has 82 valence electrons. The summed E-state index contributed by atoms with van der Waals surface area (Å²) in [6.45, 7) is 0. The number of aromatic nitrogens is 2. The van der Waals surface area contributed by atoms with E-state index in [1.807, 2.05) is 0 Å². The third-order valence-electron chi connectivity index (χ3n) is 1.77. The first kappa shape index (κ1) is 10.2. The minimum atomic E-state index is -1.66. The maximum atomic E-state index is 13.2. The largest absolute Gasteiger partial charge is 0.541 e. The van der Waals surface area contributed by atoms with Crippen molar-refractivity contribution in [3.05, 3.63) is 35.7 Å². The van der Waals surface area contributed by atoms with Crippen molar-refractivity contribution in [1.29, 1.82) is 0 Å². The van der Waals surface area contributed by atoms with Crippen LogP contribution in [0.3, 0.4) is 0 Å². The molecule has 0 aliphatic heterocycles. The molecule has 2 rings (SSSR count). The number of carbonyl (C=O) groups is 1. The van der Waals surface area contributed by atoms with Crippen LogP contribution in [0.15, 0.2) is 22.7 Å². The minimum absolute atomic E-state index is 0.306. The molecule has 1 aromatic heterocycles. The SMILES string of the molecule is O=C([O-])c1noc(-c2cc(F)ccc2F)n1. The number of carboxylic acid groups (broad SMARTS) is 1. The monoisotopic (exact) mass is 225 g/mol. The molecule has 0 amide bonds. The summed E-state index contributed by atoms with van der Waals surface area (Å²) in [6.07, 6.45) is 0. The van der Waals surface area contributed by atoms with E-state index in [1.54, 1.807) is 0 Å². The van der Waals surface area contributed by atoms with Gasteiger partial charge in [-0.3, -0.25) is 0 Å². The summed E-state index contributed by atoms with van der Waals surface area (Å²) >= 11 is 0. The molecule has 1 heterocycles. The maximum Gasteiger partial charge on any atom is 0.261 e. The fraction of sp³-hybridized carbons (Fsp3) is 0. The molecule has 0 aliphatic rings. The fourth-order valence-electron chi connectivity index (χ4n) is 1.08. The molecule has 2 aromatic rings. The van der Waals surface area contributed by atoms with Gasteiger partial charge in [-0.15, -0.1) is 0 Å². The van der Waals surface area contributed by atoms with Crippen molar-refractivity contribution in [2.24, 2.45) is 0 Å². The van der Waals surface area contributed by atoms with Crippen LogP contribution in [-0.2, 0) is 0 Å². The van der Waals surface area contributed by atoms with Gasteiger partial charge in [0.25, 0.3) is 5.89 Å². The first-order valence-corrected chi connectivity index (χ1v) is 4.08. The average Bonchev–Trinajstić information content (AvgIpc) is 2.70. The Labute approximate surface area is 87.3 Å². The van der Waals surface area contributed by atoms with Crippen molar-refractivity contribution < 1.29 is 23.2 Å². The van der Waals surface area contributed by atoms with Gasteiger partial charge in [-0.25, -0.2) is 8.78 Å². The lowest BCUT2D eigenvalue weighted by Gasteiger charge is -1.96. The molecule has 0 saturated carbocycles.